The molecule has 0 amide bonds. The zero-order valence-electron chi connectivity index (χ0n) is 14.0. The number of rotatable bonds is 5. The molecule has 0 aromatic heterocycles. The summed E-state index contributed by atoms with van der Waals surface area (Å²) >= 11 is 0. The van der Waals surface area contributed by atoms with E-state index in [1.54, 1.807) is 0 Å². The summed E-state index contributed by atoms with van der Waals surface area (Å²) < 4.78 is 5.86. The van der Waals surface area contributed by atoms with Gasteiger partial charge in [0.05, 0.1) is 12.2 Å². The topological polar surface area (TPSA) is 24.5 Å². The van der Waals surface area contributed by atoms with Gasteiger partial charge < -0.3 is 10.1 Å². The third kappa shape index (κ3) is 4.44. The molecule has 1 heterocycles. The Labute approximate surface area is 125 Å². The molecule has 0 radical (unpaired) electrons. The highest BCUT2D eigenvalue weighted by Gasteiger charge is 2.38. The predicted molar refractivity (Wildman–Crippen MR) is 85.1 cm³/mol. The maximum Gasteiger partial charge on any atom is 0.0753 e. The Morgan fingerprint density at radius 3 is 2.80 bits per heavy atom. The third-order valence-corrected chi connectivity index (χ3v) is 5.00. The first-order valence-corrected chi connectivity index (χ1v) is 8.52. The van der Waals surface area contributed by atoms with Crippen molar-refractivity contribution in [2.45, 2.75) is 59.0 Å². The lowest BCUT2D eigenvalue weighted by Gasteiger charge is -2.47. The Bertz CT molecular complexity index is 305. The largest absolute Gasteiger partial charge is 0.373 e. The Morgan fingerprint density at radius 2 is 2.15 bits per heavy atom. The summed E-state index contributed by atoms with van der Waals surface area (Å²) in [7, 11) is 0. The molecule has 2 atom stereocenters. The Balaban J connectivity index is 1.99. The van der Waals surface area contributed by atoms with Crippen molar-refractivity contribution in [3.05, 3.63) is 0 Å². The monoisotopic (exact) mass is 282 g/mol. The molecule has 2 rings (SSSR count). The third-order valence-electron chi connectivity index (χ3n) is 5.00. The van der Waals surface area contributed by atoms with Gasteiger partial charge in [0.1, 0.15) is 0 Å². The van der Waals surface area contributed by atoms with E-state index in [9.17, 15) is 0 Å². The smallest absolute Gasteiger partial charge is 0.0753 e. The maximum absolute atomic E-state index is 5.86. The summed E-state index contributed by atoms with van der Waals surface area (Å²) in [4.78, 5) is 2.65. The quantitative estimate of drug-likeness (QED) is 0.839. The van der Waals surface area contributed by atoms with E-state index in [2.05, 4.69) is 37.9 Å². The van der Waals surface area contributed by atoms with Crippen LogP contribution in [0.1, 0.15) is 53.4 Å². The van der Waals surface area contributed by atoms with Crippen molar-refractivity contribution in [1.29, 1.82) is 0 Å². The van der Waals surface area contributed by atoms with Gasteiger partial charge in [0, 0.05) is 26.2 Å². The van der Waals surface area contributed by atoms with Gasteiger partial charge in [-0.25, -0.2) is 0 Å². The molecule has 3 nitrogen and oxygen atoms in total. The SMILES string of the molecule is CCNCC1(CN2CCOC(C)(C)C2)CCCC(C)C1. The van der Waals surface area contributed by atoms with E-state index in [4.69, 9.17) is 4.74 Å². The average Bonchev–Trinajstić information content (AvgIpc) is 2.35. The van der Waals surface area contributed by atoms with Gasteiger partial charge in [0.15, 0.2) is 0 Å². The summed E-state index contributed by atoms with van der Waals surface area (Å²) in [6, 6.07) is 0. The summed E-state index contributed by atoms with van der Waals surface area (Å²) in [6.07, 6.45) is 5.60. The zero-order chi connectivity index (χ0) is 14.6. The number of nitrogens with one attached hydrogen (secondary N) is 1. The molecular formula is C17H34N2O. The Kier molecular flexibility index (Phi) is 5.49. The van der Waals surface area contributed by atoms with E-state index in [0.29, 0.717) is 5.41 Å². The van der Waals surface area contributed by atoms with Crippen molar-refractivity contribution in [1.82, 2.24) is 10.2 Å². The Hall–Kier alpha value is -0.120. The first kappa shape index (κ1) is 16.3. The fourth-order valence-corrected chi connectivity index (χ4v) is 4.24. The first-order valence-electron chi connectivity index (χ1n) is 8.52. The van der Waals surface area contributed by atoms with Gasteiger partial charge in [-0.1, -0.05) is 26.7 Å². The minimum Gasteiger partial charge on any atom is -0.373 e. The molecule has 0 spiro atoms. The lowest BCUT2D eigenvalue weighted by molar-refractivity contribution is -0.0975. The predicted octanol–water partition coefficient (Wildman–Crippen LogP) is 2.90. The van der Waals surface area contributed by atoms with Crippen LogP contribution in [0, 0.1) is 11.3 Å². The van der Waals surface area contributed by atoms with E-state index in [0.717, 1.165) is 32.2 Å². The molecule has 1 aliphatic heterocycles. The second-order valence-corrected chi connectivity index (χ2v) is 7.80. The van der Waals surface area contributed by atoms with Crippen molar-refractivity contribution >= 4 is 0 Å². The van der Waals surface area contributed by atoms with Crippen molar-refractivity contribution in [3.8, 4) is 0 Å². The van der Waals surface area contributed by atoms with Gasteiger partial charge in [-0.15, -0.1) is 0 Å². The number of morpholine rings is 1. The lowest BCUT2D eigenvalue weighted by Crippen LogP contribution is -2.54. The fourth-order valence-electron chi connectivity index (χ4n) is 4.24. The molecule has 2 aliphatic rings. The average molecular weight is 282 g/mol. The maximum atomic E-state index is 5.86. The lowest BCUT2D eigenvalue weighted by atomic mass is 9.69. The minimum atomic E-state index is 0.0257. The molecule has 1 aliphatic carbocycles. The van der Waals surface area contributed by atoms with Crippen LogP contribution in [0.3, 0.4) is 0 Å². The van der Waals surface area contributed by atoms with Gasteiger partial charge >= 0.3 is 0 Å². The Morgan fingerprint density at radius 1 is 1.35 bits per heavy atom. The summed E-state index contributed by atoms with van der Waals surface area (Å²) in [5, 5.41) is 3.63. The molecule has 0 aromatic rings. The molecule has 2 unspecified atom stereocenters. The van der Waals surface area contributed by atoms with Crippen molar-refractivity contribution < 1.29 is 4.74 Å². The highest BCUT2D eigenvalue weighted by atomic mass is 16.5. The molecular weight excluding hydrogens is 248 g/mol. The molecule has 0 bridgehead atoms. The van der Waals surface area contributed by atoms with Crippen LogP contribution in [0.4, 0.5) is 0 Å². The fraction of sp³-hybridized carbons (Fsp3) is 1.00. The van der Waals surface area contributed by atoms with E-state index >= 15 is 0 Å². The normalized spacial score (nSPS) is 35.1. The zero-order valence-corrected chi connectivity index (χ0v) is 14.0. The van der Waals surface area contributed by atoms with Crippen LogP contribution in [0.5, 0.6) is 0 Å². The highest BCUT2D eigenvalue weighted by Crippen LogP contribution is 2.40. The van der Waals surface area contributed by atoms with Gasteiger partial charge in [-0.3, -0.25) is 4.90 Å². The van der Waals surface area contributed by atoms with Crippen molar-refractivity contribution in [2.75, 3.05) is 39.3 Å². The van der Waals surface area contributed by atoms with E-state index in [1.165, 1.54) is 38.8 Å². The van der Waals surface area contributed by atoms with Crippen LogP contribution in [-0.4, -0.2) is 49.8 Å². The summed E-state index contributed by atoms with van der Waals surface area (Å²) in [5.41, 5.74) is 0.513. The van der Waals surface area contributed by atoms with Crippen LogP contribution in [-0.2, 0) is 4.74 Å². The van der Waals surface area contributed by atoms with E-state index in [-0.39, 0.29) is 5.60 Å². The van der Waals surface area contributed by atoms with Crippen LogP contribution in [0.2, 0.25) is 0 Å². The van der Waals surface area contributed by atoms with Crippen LogP contribution in [0.15, 0.2) is 0 Å². The van der Waals surface area contributed by atoms with Crippen LogP contribution in [0.25, 0.3) is 0 Å². The van der Waals surface area contributed by atoms with Gasteiger partial charge in [0.25, 0.3) is 0 Å². The molecule has 1 saturated heterocycles. The molecule has 118 valence electrons. The van der Waals surface area contributed by atoms with Gasteiger partial charge in [0.2, 0.25) is 0 Å². The van der Waals surface area contributed by atoms with E-state index in [1.807, 2.05) is 0 Å². The number of hydrogen-bond donors (Lipinski definition) is 1. The second-order valence-electron chi connectivity index (χ2n) is 7.80. The van der Waals surface area contributed by atoms with Gasteiger partial charge in [-0.05, 0) is 44.6 Å². The number of ether oxygens (including phenoxy) is 1. The number of nitrogens with zero attached hydrogens (tertiary/aromatic N) is 1. The highest BCUT2D eigenvalue weighted by molar-refractivity contribution is 4.92. The molecule has 3 heteroatoms. The van der Waals surface area contributed by atoms with Crippen molar-refractivity contribution in [3.63, 3.8) is 0 Å². The summed E-state index contributed by atoms with van der Waals surface area (Å²) in [6.45, 7) is 15.7. The van der Waals surface area contributed by atoms with Crippen molar-refractivity contribution in [2.24, 2.45) is 11.3 Å². The first-order chi connectivity index (χ1) is 9.45. The molecule has 1 saturated carbocycles. The molecule has 2 fully saturated rings. The summed E-state index contributed by atoms with van der Waals surface area (Å²) in [5.74, 6) is 0.886. The second kappa shape index (κ2) is 6.76. The standard InChI is InChI=1S/C17H34N2O/c1-5-18-12-17(8-6-7-15(2)11-17)14-19-9-10-20-16(3,4)13-19/h15,18H,5-14H2,1-4H3. The number of hydrogen-bond acceptors (Lipinski definition) is 3. The minimum absolute atomic E-state index is 0.0257. The molecule has 1 N–H and O–H groups in total. The van der Waals surface area contributed by atoms with Crippen LogP contribution >= 0.6 is 0 Å². The molecule has 0 aromatic carbocycles. The molecule has 20 heavy (non-hydrogen) atoms. The van der Waals surface area contributed by atoms with E-state index < -0.39 is 0 Å². The van der Waals surface area contributed by atoms with Gasteiger partial charge in [-0.2, -0.15) is 0 Å². The van der Waals surface area contributed by atoms with Crippen LogP contribution < -0.4 is 5.32 Å².